The third-order valence-electron chi connectivity index (χ3n) is 5.05. The van der Waals surface area contributed by atoms with E-state index in [0.29, 0.717) is 34.8 Å². The Morgan fingerprint density at radius 1 is 1.13 bits per heavy atom. The number of hydrogen-bond donors (Lipinski definition) is 0. The van der Waals surface area contributed by atoms with E-state index in [2.05, 4.69) is 5.10 Å². The molecule has 0 spiro atoms. The van der Waals surface area contributed by atoms with E-state index < -0.39 is 16.0 Å². The summed E-state index contributed by atoms with van der Waals surface area (Å²) in [6, 6.07) is 11.8. The molecule has 1 fully saturated rings. The van der Waals surface area contributed by atoms with Crippen LogP contribution in [0.25, 0.3) is 10.9 Å². The van der Waals surface area contributed by atoms with E-state index in [0.717, 1.165) is 23.4 Å². The summed E-state index contributed by atoms with van der Waals surface area (Å²) in [5, 5.41) is 5.61. The lowest BCUT2D eigenvalue weighted by molar-refractivity contribution is -0.142. The molecule has 2 aromatic carbocycles. The zero-order valence-corrected chi connectivity index (χ0v) is 18.2. The third kappa shape index (κ3) is 3.76. The molecule has 1 aliphatic heterocycles. The smallest absolute Gasteiger partial charge is 0.327 e. The number of hydrogen-bond acceptors (Lipinski definition) is 6. The molecule has 10 heteroatoms. The molecular formula is C20H21ClN4O4S. The van der Waals surface area contributed by atoms with Crippen molar-refractivity contribution in [2.75, 3.05) is 25.0 Å². The van der Waals surface area contributed by atoms with E-state index in [4.69, 9.17) is 16.4 Å². The molecule has 4 rings (SSSR count). The molecule has 1 aromatic heterocycles. The number of halogens is 1. The van der Waals surface area contributed by atoms with Crippen molar-refractivity contribution in [3.63, 3.8) is 0 Å². The lowest BCUT2D eigenvalue weighted by Crippen LogP contribution is -2.27. The van der Waals surface area contributed by atoms with Gasteiger partial charge in [-0.05, 0) is 55.3 Å². The van der Waals surface area contributed by atoms with Gasteiger partial charge in [-0.3, -0.25) is 0 Å². The molecule has 0 atom stereocenters. The van der Waals surface area contributed by atoms with Gasteiger partial charge in [0.05, 0.1) is 4.90 Å². The van der Waals surface area contributed by atoms with E-state index >= 15 is 0 Å². The first kappa shape index (κ1) is 20.6. The van der Waals surface area contributed by atoms with Crippen molar-refractivity contribution in [3.8, 4) is 0 Å². The van der Waals surface area contributed by atoms with E-state index in [-0.39, 0.29) is 4.90 Å². The zero-order chi connectivity index (χ0) is 21.5. The highest BCUT2D eigenvalue weighted by atomic mass is 35.5. The first-order valence-corrected chi connectivity index (χ1v) is 11.3. The van der Waals surface area contributed by atoms with Crippen LogP contribution < -0.4 is 9.74 Å². The Balaban J connectivity index is 1.69. The van der Waals surface area contributed by atoms with Gasteiger partial charge in [-0.2, -0.15) is 4.31 Å². The van der Waals surface area contributed by atoms with Crippen LogP contribution in [0.4, 0.5) is 11.5 Å². The van der Waals surface area contributed by atoms with Crippen molar-refractivity contribution in [1.82, 2.24) is 14.2 Å². The predicted octanol–water partition coefficient (Wildman–Crippen LogP) is 3.22. The Morgan fingerprint density at radius 3 is 2.43 bits per heavy atom. The second-order valence-electron chi connectivity index (χ2n) is 7.10. The summed E-state index contributed by atoms with van der Waals surface area (Å²) >= 11 is 6.15. The summed E-state index contributed by atoms with van der Waals surface area (Å²) in [5.41, 5.74) is 1.31. The number of nitrogens with zero attached hydrogens (tertiary/aromatic N) is 4. The number of carbonyl (C=O) groups is 1. The molecule has 0 amide bonds. The van der Waals surface area contributed by atoms with Crippen molar-refractivity contribution >= 4 is 50.0 Å². The lowest BCUT2D eigenvalue weighted by atomic mass is 10.2. The number of sulfonamides is 1. The SMILES string of the molecule is CC(=O)On1nc(N(C)c2ccc(S(=O)(=O)N3CCCC3)cc2)c2cc(Cl)ccc21. The van der Waals surface area contributed by atoms with Crippen molar-refractivity contribution < 1.29 is 18.0 Å². The standard InChI is InChI=1S/C20H21ClN4O4S/c1-14(26)29-25-19-10-5-15(21)13-18(19)20(22-25)23(2)16-6-8-17(9-7-16)30(27,28)24-11-3-4-12-24/h5-10,13H,3-4,11-12H2,1-2H3. The molecule has 0 unspecified atom stereocenters. The average molecular weight is 449 g/mol. The maximum atomic E-state index is 12.7. The zero-order valence-electron chi connectivity index (χ0n) is 16.6. The van der Waals surface area contributed by atoms with Gasteiger partial charge in [0.15, 0.2) is 5.82 Å². The number of rotatable bonds is 5. The summed E-state index contributed by atoms with van der Waals surface area (Å²) in [6.45, 7) is 2.42. The largest absolute Gasteiger partial charge is 0.331 e. The molecule has 1 saturated heterocycles. The van der Waals surface area contributed by atoms with E-state index in [1.54, 1.807) is 54.4 Å². The normalized spacial score (nSPS) is 14.9. The Bertz CT molecular complexity index is 1200. The maximum absolute atomic E-state index is 12.7. The molecule has 1 aliphatic rings. The summed E-state index contributed by atoms with van der Waals surface area (Å²) in [5.74, 6) is 0.0175. The number of benzene rings is 2. The van der Waals surface area contributed by atoms with Crippen LogP contribution in [0.15, 0.2) is 47.4 Å². The highest BCUT2D eigenvalue weighted by Gasteiger charge is 2.27. The van der Waals surface area contributed by atoms with Gasteiger partial charge in [-0.1, -0.05) is 16.4 Å². The van der Waals surface area contributed by atoms with E-state index in [1.807, 2.05) is 0 Å². The number of carbonyl (C=O) groups excluding carboxylic acids is 1. The number of aromatic nitrogens is 2. The Hall–Kier alpha value is -2.62. The molecule has 0 radical (unpaired) electrons. The minimum absolute atomic E-state index is 0.264. The molecule has 2 heterocycles. The molecule has 3 aromatic rings. The Labute approximate surface area is 179 Å². The van der Waals surface area contributed by atoms with Crippen LogP contribution in [0.1, 0.15) is 19.8 Å². The fourth-order valence-corrected chi connectivity index (χ4v) is 5.22. The molecule has 0 aliphatic carbocycles. The van der Waals surface area contributed by atoms with Crippen molar-refractivity contribution in [3.05, 3.63) is 47.5 Å². The summed E-state index contributed by atoms with van der Waals surface area (Å²) in [6.07, 6.45) is 1.78. The monoisotopic (exact) mass is 448 g/mol. The number of anilines is 2. The second-order valence-corrected chi connectivity index (χ2v) is 9.48. The van der Waals surface area contributed by atoms with Gasteiger partial charge in [0.2, 0.25) is 10.0 Å². The van der Waals surface area contributed by atoms with Crippen molar-refractivity contribution in [2.45, 2.75) is 24.7 Å². The minimum Gasteiger partial charge on any atom is -0.327 e. The van der Waals surface area contributed by atoms with Crippen LogP contribution in [-0.4, -0.2) is 48.8 Å². The van der Waals surface area contributed by atoms with Crippen LogP contribution in [0.2, 0.25) is 5.02 Å². The van der Waals surface area contributed by atoms with Gasteiger partial charge in [0, 0.05) is 43.2 Å². The van der Waals surface area contributed by atoms with Crippen molar-refractivity contribution in [2.24, 2.45) is 0 Å². The maximum Gasteiger partial charge on any atom is 0.331 e. The van der Waals surface area contributed by atoms with Gasteiger partial charge in [-0.25, -0.2) is 13.2 Å². The summed E-state index contributed by atoms with van der Waals surface area (Å²) < 4.78 is 27.0. The first-order chi connectivity index (χ1) is 14.3. The molecule has 30 heavy (non-hydrogen) atoms. The molecule has 0 N–H and O–H groups in total. The van der Waals surface area contributed by atoms with Crippen LogP contribution in [0.5, 0.6) is 0 Å². The fourth-order valence-electron chi connectivity index (χ4n) is 3.53. The Morgan fingerprint density at radius 2 is 1.80 bits per heavy atom. The average Bonchev–Trinajstić information content (AvgIpc) is 3.36. The molecule has 158 valence electrons. The van der Waals surface area contributed by atoms with Crippen LogP contribution >= 0.6 is 11.6 Å². The Kier molecular flexibility index (Phi) is 5.44. The third-order valence-corrected chi connectivity index (χ3v) is 7.20. The van der Waals surface area contributed by atoms with Crippen LogP contribution in [0, 0.1) is 0 Å². The van der Waals surface area contributed by atoms with E-state index in [9.17, 15) is 13.2 Å². The first-order valence-electron chi connectivity index (χ1n) is 9.48. The second kappa shape index (κ2) is 7.90. The lowest BCUT2D eigenvalue weighted by Gasteiger charge is -2.19. The minimum atomic E-state index is -3.48. The molecule has 8 nitrogen and oxygen atoms in total. The van der Waals surface area contributed by atoms with Gasteiger partial charge < -0.3 is 9.74 Å². The molecule has 0 bridgehead atoms. The highest BCUT2D eigenvalue weighted by molar-refractivity contribution is 7.89. The van der Waals surface area contributed by atoms with Crippen LogP contribution in [-0.2, 0) is 14.8 Å². The summed E-state index contributed by atoms with van der Waals surface area (Å²) in [7, 11) is -1.68. The quantitative estimate of drug-likeness (QED) is 0.595. The van der Waals surface area contributed by atoms with Gasteiger partial charge in [-0.15, -0.1) is 5.10 Å². The van der Waals surface area contributed by atoms with Gasteiger partial charge in [0.1, 0.15) is 5.52 Å². The van der Waals surface area contributed by atoms with Crippen LogP contribution in [0.3, 0.4) is 0 Å². The van der Waals surface area contributed by atoms with E-state index in [1.165, 1.54) is 11.2 Å². The molecule has 0 saturated carbocycles. The van der Waals surface area contributed by atoms with Gasteiger partial charge >= 0.3 is 5.97 Å². The topological polar surface area (TPSA) is 84.7 Å². The fraction of sp³-hybridized carbons (Fsp3) is 0.300. The highest BCUT2D eigenvalue weighted by Crippen LogP contribution is 2.32. The predicted molar refractivity (Wildman–Crippen MR) is 115 cm³/mol. The van der Waals surface area contributed by atoms with Gasteiger partial charge in [0.25, 0.3) is 0 Å². The van der Waals surface area contributed by atoms with Crippen molar-refractivity contribution in [1.29, 1.82) is 0 Å². The number of fused-ring (bicyclic) bond motifs is 1. The summed E-state index contributed by atoms with van der Waals surface area (Å²) in [4.78, 5) is 19.8. The molecular weight excluding hydrogens is 428 g/mol.